The maximum absolute atomic E-state index is 6.29. The smallest absolute Gasteiger partial charge is 0.0191 e. The highest BCUT2D eigenvalue weighted by Crippen LogP contribution is 2.26. The van der Waals surface area contributed by atoms with Gasteiger partial charge in [0.1, 0.15) is 0 Å². The number of hydrogen-bond acceptors (Lipinski definition) is 3. The van der Waals surface area contributed by atoms with Gasteiger partial charge in [0.05, 0.1) is 0 Å². The quantitative estimate of drug-likeness (QED) is 0.770. The topological polar surface area (TPSA) is 29.3 Å². The molecule has 2 aliphatic rings. The van der Waals surface area contributed by atoms with Crippen molar-refractivity contribution in [2.24, 2.45) is 11.7 Å². The van der Waals surface area contributed by atoms with Gasteiger partial charge < -0.3 is 10.6 Å². The largest absolute Gasteiger partial charge is 0.327 e. The summed E-state index contributed by atoms with van der Waals surface area (Å²) in [6.07, 6.45) is 8.12. The molecule has 0 spiro atoms. The second-order valence-electron chi connectivity index (χ2n) is 5.52. The summed E-state index contributed by atoms with van der Waals surface area (Å²) < 4.78 is 0. The fourth-order valence-corrected chi connectivity index (χ4v) is 4.33. The van der Waals surface area contributed by atoms with E-state index in [1.807, 2.05) is 0 Å². The number of nitrogens with two attached hydrogens (primary N) is 1. The molecular formula is C13H26N2S. The molecule has 2 nitrogen and oxygen atoms in total. The van der Waals surface area contributed by atoms with Crippen molar-refractivity contribution in [2.75, 3.05) is 25.1 Å². The van der Waals surface area contributed by atoms with Crippen LogP contribution in [0.4, 0.5) is 0 Å². The molecular weight excluding hydrogens is 216 g/mol. The summed E-state index contributed by atoms with van der Waals surface area (Å²) in [4.78, 5) is 2.58. The SMILES string of the molecule is CN(CC1CCCCCC1N)C1CCSC1. The van der Waals surface area contributed by atoms with Gasteiger partial charge in [-0.2, -0.15) is 11.8 Å². The average molecular weight is 242 g/mol. The van der Waals surface area contributed by atoms with Gasteiger partial charge in [-0.05, 0) is 38.0 Å². The van der Waals surface area contributed by atoms with Gasteiger partial charge >= 0.3 is 0 Å². The van der Waals surface area contributed by atoms with E-state index in [-0.39, 0.29) is 0 Å². The fraction of sp³-hybridized carbons (Fsp3) is 1.00. The molecule has 3 heteroatoms. The molecule has 3 unspecified atom stereocenters. The molecule has 16 heavy (non-hydrogen) atoms. The lowest BCUT2D eigenvalue weighted by Crippen LogP contribution is -2.41. The van der Waals surface area contributed by atoms with Gasteiger partial charge in [-0.25, -0.2) is 0 Å². The maximum atomic E-state index is 6.29. The Labute approximate surface area is 104 Å². The Morgan fingerprint density at radius 3 is 2.75 bits per heavy atom. The molecule has 0 radical (unpaired) electrons. The summed E-state index contributed by atoms with van der Waals surface area (Å²) in [5, 5.41) is 0. The van der Waals surface area contributed by atoms with Crippen molar-refractivity contribution in [3.63, 3.8) is 0 Å². The molecule has 3 atom stereocenters. The van der Waals surface area contributed by atoms with Crippen LogP contribution in [0.3, 0.4) is 0 Å². The van der Waals surface area contributed by atoms with Crippen LogP contribution < -0.4 is 5.73 Å². The molecule has 2 rings (SSSR count). The van der Waals surface area contributed by atoms with Crippen molar-refractivity contribution >= 4 is 11.8 Å². The molecule has 1 aliphatic carbocycles. The third-order valence-electron chi connectivity index (χ3n) is 4.27. The van der Waals surface area contributed by atoms with Crippen LogP contribution in [-0.2, 0) is 0 Å². The third kappa shape index (κ3) is 3.38. The molecule has 2 N–H and O–H groups in total. The minimum absolute atomic E-state index is 0.457. The number of hydrogen-bond donors (Lipinski definition) is 1. The normalized spacial score (nSPS) is 36.6. The van der Waals surface area contributed by atoms with Gasteiger partial charge in [-0.15, -0.1) is 0 Å². The second kappa shape index (κ2) is 6.27. The Kier molecular flexibility index (Phi) is 4.98. The summed E-state index contributed by atoms with van der Waals surface area (Å²) in [6.45, 7) is 1.23. The monoisotopic (exact) mass is 242 g/mol. The first-order valence-electron chi connectivity index (χ1n) is 6.81. The minimum atomic E-state index is 0.457. The van der Waals surface area contributed by atoms with Gasteiger partial charge in [0.15, 0.2) is 0 Å². The Hall–Kier alpha value is 0.270. The van der Waals surface area contributed by atoms with E-state index in [4.69, 9.17) is 5.73 Å². The van der Waals surface area contributed by atoms with Crippen LogP contribution in [0.1, 0.15) is 38.5 Å². The zero-order valence-corrected chi connectivity index (χ0v) is 11.3. The summed E-state index contributed by atoms with van der Waals surface area (Å²) in [5.41, 5.74) is 6.29. The first-order valence-corrected chi connectivity index (χ1v) is 7.96. The first kappa shape index (κ1) is 12.7. The van der Waals surface area contributed by atoms with E-state index < -0.39 is 0 Å². The minimum Gasteiger partial charge on any atom is -0.327 e. The second-order valence-corrected chi connectivity index (χ2v) is 6.67. The first-order chi connectivity index (χ1) is 7.77. The molecule has 1 saturated carbocycles. The summed E-state index contributed by atoms with van der Waals surface area (Å²) in [5.74, 6) is 3.43. The van der Waals surface area contributed by atoms with Crippen molar-refractivity contribution in [1.29, 1.82) is 0 Å². The Bertz CT molecular complexity index is 204. The van der Waals surface area contributed by atoms with Gasteiger partial charge in [0.25, 0.3) is 0 Å². The van der Waals surface area contributed by atoms with Crippen LogP contribution >= 0.6 is 11.8 Å². The molecule has 94 valence electrons. The van der Waals surface area contributed by atoms with Crippen molar-refractivity contribution in [3.05, 3.63) is 0 Å². The van der Waals surface area contributed by atoms with E-state index in [2.05, 4.69) is 23.7 Å². The standard InChI is InChI=1S/C13H26N2S/c1-15(12-7-8-16-10-12)9-11-5-3-2-4-6-13(11)14/h11-13H,2-10,14H2,1H3. The van der Waals surface area contributed by atoms with E-state index in [0.29, 0.717) is 6.04 Å². The van der Waals surface area contributed by atoms with E-state index in [1.54, 1.807) is 0 Å². The van der Waals surface area contributed by atoms with Gasteiger partial charge in [-0.3, -0.25) is 0 Å². The Balaban J connectivity index is 1.81. The van der Waals surface area contributed by atoms with E-state index in [0.717, 1.165) is 12.0 Å². The van der Waals surface area contributed by atoms with E-state index in [9.17, 15) is 0 Å². The maximum Gasteiger partial charge on any atom is 0.0191 e. The summed E-state index contributed by atoms with van der Waals surface area (Å²) in [6, 6.07) is 1.28. The molecule has 1 heterocycles. The number of nitrogens with zero attached hydrogens (tertiary/aromatic N) is 1. The van der Waals surface area contributed by atoms with Crippen LogP contribution in [0.5, 0.6) is 0 Å². The van der Waals surface area contributed by atoms with Gasteiger partial charge in [-0.1, -0.05) is 19.3 Å². The molecule has 0 bridgehead atoms. The molecule has 0 aromatic rings. The third-order valence-corrected chi connectivity index (χ3v) is 5.41. The predicted molar refractivity (Wildman–Crippen MR) is 72.9 cm³/mol. The molecule has 0 aromatic carbocycles. The number of thioether (sulfide) groups is 1. The van der Waals surface area contributed by atoms with Crippen LogP contribution in [0, 0.1) is 5.92 Å². The molecule has 0 amide bonds. The van der Waals surface area contributed by atoms with Crippen LogP contribution in [0.2, 0.25) is 0 Å². The lowest BCUT2D eigenvalue weighted by Gasteiger charge is -2.30. The fourth-order valence-electron chi connectivity index (χ4n) is 3.03. The highest BCUT2D eigenvalue weighted by Gasteiger charge is 2.26. The van der Waals surface area contributed by atoms with Crippen molar-refractivity contribution < 1.29 is 0 Å². The van der Waals surface area contributed by atoms with E-state index >= 15 is 0 Å². The zero-order valence-electron chi connectivity index (χ0n) is 10.5. The predicted octanol–water partition coefficient (Wildman–Crippen LogP) is 2.33. The lowest BCUT2D eigenvalue weighted by molar-refractivity contribution is 0.199. The van der Waals surface area contributed by atoms with Gasteiger partial charge in [0, 0.05) is 24.4 Å². The summed E-state index contributed by atoms with van der Waals surface area (Å²) in [7, 11) is 2.30. The van der Waals surface area contributed by atoms with Crippen LogP contribution in [0.25, 0.3) is 0 Å². The van der Waals surface area contributed by atoms with E-state index in [1.165, 1.54) is 56.6 Å². The van der Waals surface area contributed by atoms with Crippen molar-refractivity contribution in [2.45, 2.75) is 50.6 Å². The number of rotatable bonds is 3. The molecule has 0 aromatic heterocycles. The zero-order chi connectivity index (χ0) is 11.4. The van der Waals surface area contributed by atoms with Gasteiger partial charge in [0.2, 0.25) is 0 Å². The summed E-state index contributed by atoms with van der Waals surface area (Å²) >= 11 is 2.10. The average Bonchev–Trinajstić information content (AvgIpc) is 2.73. The van der Waals surface area contributed by atoms with Crippen molar-refractivity contribution in [1.82, 2.24) is 4.90 Å². The highest BCUT2D eigenvalue weighted by molar-refractivity contribution is 7.99. The molecule has 2 fully saturated rings. The Morgan fingerprint density at radius 2 is 2.00 bits per heavy atom. The molecule has 1 saturated heterocycles. The Morgan fingerprint density at radius 1 is 1.19 bits per heavy atom. The van der Waals surface area contributed by atoms with Crippen molar-refractivity contribution in [3.8, 4) is 0 Å². The highest BCUT2D eigenvalue weighted by atomic mass is 32.2. The van der Waals surface area contributed by atoms with Crippen LogP contribution in [-0.4, -0.2) is 42.1 Å². The molecule has 1 aliphatic heterocycles. The van der Waals surface area contributed by atoms with Crippen LogP contribution in [0.15, 0.2) is 0 Å². The lowest BCUT2D eigenvalue weighted by atomic mass is 9.94.